The van der Waals surface area contributed by atoms with Crippen molar-refractivity contribution in [2.45, 2.75) is 13.2 Å². The second kappa shape index (κ2) is 13.1. The summed E-state index contributed by atoms with van der Waals surface area (Å²) in [5, 5.41) is 4.66. The van der Waals surface area contributed by atoms with E-state index in [4.69, 9.17) is 25.8 Å². The van der Waals surface area contributed by atoms with E-state index in [1.54, 1.807) is 60.7 Å². The topological polar surface area (TPSA) is 69.2 Å². The number of rotatable bonds is 10. The predicted octanol–water partition coefficient (Wildman–Crippen LogP) is 7.17. The van der Waals surface area contributed by atoms with Crippen LogP contribution in [0, 0.1) is 5.82 Å². The lowest BCUT2D eigenvalue weighted by atomic mass is 10.2. The molecule has 4 rings (SSSR count). The molecular weight excluding hydrogens is 575 g/mol. The second-order valence-corrected chi connectivity index (χ2v) is 9.25. The smallest absolute Gasteiger partial charge is 0.275 e. The number of ether oxygens (including phenoxy) is 3. The molecule has 0 radical (unpaired) electrons. The third-order valence-corrected chi connectivity index (χ3v) is 6.39. The number of carbonyl (C=O) groups is 1. The number of carbonyl (C=O) groups excluding carboxylic acids is 1. The lowest BCUT2D eigenvalue weighted by molar-refractivity contribution is 0.0950. The van der Waals surface area contributed by atoms with Crippen molar-refractivity contribution < 1.29 is 23.4 Å². The first-order valence-electron chi connectivity index (χ1n) is 11.5. The van der Waals surface area contributed by atoms with Crippen LogP contribution >= 0.6 is 27.5 Å². The van der Waals surface area contributed by atoms with E-state index >= 15 is 0 Å². The van der Waals surface area contributed by atoms with Gasteiger partial charge in [-0.3, -0.25) is 4.79 Å². The summed E-state index contributed by atoms with van der Waals surface area (Å²) in [7, 11) is 1.50. The summed E-state index contributed by atoms with van der Waals surface area (Å²) in [5.41, 5.74) is 4.71. The Hall–Kier alpha value is -3.88. The number of amides is 1. The molecule has 0 aliphatic heterocycles. The maximum absolute atomic E-state index is 13.9. The van der Waals surface area contributed by atoms with E-state index in [9.17, 15) is 9.18 Å². The summed E-state index contributed by atoms with van der Waals surface area (Å²) >= 11 is 9.67. The number of nitrogens with one attached hydrogen (secondary N) is 1. The van der Waals surface area contributed by atoms with Crippen LogP contribution in [0.2, 0.25) is 5.02 Å². The van der Waals surface area contributed by atoms with E-state index in [0.717, 1.165) is 5.56 Å². The zero-order chi connectivity index (χ0) is 26.9. The van der Waals surface area contributed by atoms with Crippen molar-refractivity contribution in [1.29, 1.82) is 0 Å². The van der Waals surface area contributed by atoms with Gasteiger partial charge in [-0.1, -0.05) is 60.1 Å². The predicted molar refractivity (Wildman–Crippen MR) is 149 cm³/mol. The largest absolute Gasteiger partial charge is 0.493 e. The van der Waals surface area contributed by atoms with Crippen LogP contribution in [-0.4, -0.2) is 19.2 Å². The van der Waals surface area contributed by atoms with Crippen molar-refractivity contribution in [1.82, 2.24) is 5.43 Å². The molecule has 4 aromatic rings. The number of hydrogen-bond acceptors (Lipinski definition) is 5. The third kappa shape index (κ3) is 6.90. The number of methoxy groups -OCH3 is 1. The molecule has 0 fully saturated rings. The van der Waals surface area contributed by atoms with Crippen LogP contribution in [0.25, 0.3) is 0 Å². The van der Waals surface area contributed by atoms with Gasteiger partial charge in [0.05, 0.1) is 23.4 Å². The van der Waals surface area contributed by atoms with E-state index in [2.05, 4.69) is 26.5 Å². The summed E-state index contributed by atoms with van der Waals surface area (Å²) in [4.78, 5) is 12.8. The molecule has 194 valence electrons. The highest BCUT2D eigenvalue weighted by molar-refractivity contribution is 9.10. The van der Waals surface area contributed by atoms with Crippen LogP contribution < -0.4 is 19.6 Å². The second-order valence-electron chi connectivity index (χ2n) is 7.99. The minimum Gasteiger partial charge on any atom is -0.493 e. The molecule has 9 heteroatoms. The molecule has 0 saturated heterocycles. The lowest BCUT2D eigenvalue weighted by Gasteiger charge is -2.14. The van der Waals surface area contributed by atoms with Gasteiger partial charge >= 0.3 is 0 Å². The van der Waals surface area contributed by atoms with Gasteiger partial charge < -0.3 is 14.2 Å². The summed E-state index contributed by atoms with van der Waals surface area (Å²) in [6.07, 6.45) is 1.47. The van der Waals surface area contributed by atoms with Crippen LogP contribution in [0.5, 0.6) is 17.2 Å². The first kappa shape index (κ1) is 27.2. The zero-order valence-electron chi connectivity index (χ0n) is 20.3. The van der Waals surface area contributed by atoms with E-state index in [0.29, 0.717) is 43.4 Å². The SMILES string of the molecule is COc1cc(/C=N/NC(=O)c2ccccc2OCc2ccccc2Cl)cc(Br)c1OCc1ccccc1F. The first-order chi connectivity index (χ1) is 18.5. The van der Waals surface area contributed by atoms with Gasteiger partial charge in [-0.15, -0.1) is 0 Å². The van der Waals surface area contributed by atoms with Gasteiger partial charge in [-0.2, -0.15) is 5.10 Å². The van der Waals surface area contributed by atoms with E-state index < -0.39 is 5.91 Å². The molecule has 0 spiro atoms. The molecule has 0 saturated carbocycles. The Kier molecular flexibility index (Phi) is 9.35. The average molecular weight is 598 g/mol. The number of halogens is 3. The Morgan fingerprint density at radius 2 is 1.63 bits per heavy atom. The number of para-hydroxylation sites is 1. The van der Waals surface area contributed by atoms with Gasteiger partial charge in [0.1, 0.15) is 24.8 Å². The Labute approximate surface area is 233 Å². The molecule has 0 unspecified atom stereocenters. The van der Waals surface area contributed by atoms with Gasteiger partial charge in [0, 0.05) is 16.1 Å². The highest BCUT2D eigenvalue weighted by Crippen LogP contribution is 2.37. The Morgan fingerprint density at radius 3 is 2.39 bits per heavy atom. The minimum absolute atomic E-state index is 0.0308. The van der Waals surface area contributed by atoms with Gasteiger partial charge in [0.25, 0.3) is 5.91 Å². The van der Waals surface area contributed by atoms with Crippen LogP contribution in [0.3, 0.4) is 0 Å². The van der Waals surface area contributed by atoms with Crippen molar-refractivity contribution in [2.75, 3.05) is 7.11 Å². The van der Waals surface area contributed by atoms with Gasteiger partial charge in [-0.25, -0.2) is 9.82 Å². The zero-order valence-corrected chi connectivity index (χ0v) is 22.6. The van der Waals surface area contributed by atoms with Crippen molar-refractivity contribution in [3.63, 3.8) is 0 Å². The van der Waals surface area contributed by atoms with Gasteiger partial charge in [0.15, 0.2) is 11.5 Å². The fraction of sp³-hybridized carbons (Fsp3) is 0.103. The van der Waals surface area contributed by atoms with Crippen LogP contribution in [0.15, 0.2) is 94.5 Å². The van der Waals surface area contributed by atoms with Crippen LogP contribution in [-0.2, 0) is 13.2 Å². The standard InChI is InChI=1S/C29H23BrClFN2O4/c1-36-27-15-19(14-23(30)28(27)38-18-21-9-3-6-12-25(21)32)16-33-34-29(35)22-10-4-7-13-26(22)37-17-20-8-2-5-11-24(20)31/h2-16H,17-18H2,1H3,(H,34,35)/b33-16+. The number of benzene rings is 4. The number of hydrogen-bond donors (Lipinski definition) is 1. The minimum atomic E-state index is -0.438. The molecule has 0 aliphatic carbocycles. The van der Waals surface area contributed by atoms with E-state index in [-0.39, 0.29) is 19.0 Å². The lowest BCUT2D eigenvalue weighted by Crippen LogP contribution is -2.18. The molecule has 0 aliphatic rings. The van der Waals surface area contributed by atoms with Crippen molar-refractivity contribution in [3.05, 3.63) is 122 Å². The average Bonchev–Trinajstić information content (AvgIpc) is 2.92. The van der Waals surface area contributed by atoms with Crippen molar-refractivity contribution in [2.24, 2.45) is 5.10 Å². The van der Waals surface area contributed by atoms with Crippen molar-refractivity contribution in [3.8, 4) is 17.2 Å². The van der Waals surface area contributed by atoms with Gasteiger partial charge in [-0.05, 0) is 57.9 Å². The summed E-state index contributed by atoms with van der Waals surface area (Å²) in [6.45, 7) is 0.246. The quantitative estimate of drug-likeness (QED) is 0.155. The summed E-state index contributed by atoms with van der Waals surface area (Å²) < 4.78 is 31.6. The maximum atomic E-state index is 13.9. The molecule has 0 atom stereocenters. The van der Waals surface area contributed by atoms with Crippen LogP contribution in [0.1, 0.15) is 27.0 Å². The molecule has 0 bridgehead atoms. The van der Waals surface area contributed by atoms with E-state index in [1.165, 1.54) is 19.4 Å². The number of nitrogens with zero attached hydrogens (tertiary/aromatic N) is 1. The monoisotopic (exact) mass is 596 g/mol. The maximum Gasteiger partial charge on any atom is 0.275 e. The third-order valence-electron chi connectivity index (χ3n) is 5.43. The van der Waals surface area contributed by atoms with E-state index in [1.807, 2.05) is 18.2 Å². The Bertz CT molecular complexity index is 1460. The Balaban J connectivity index is 1.42. The van der Waals surface area contributed by atoms with Crippen LogP contribution in [0.4, 0.5) is 4.39 Å². The molecule has 38 heavy (non-hydrogen) atoms. The molecular formula is C29H23BrClFN2O4. The fourth-order valence-corrected chi connectivity index (χ4v) is 4.26. The first-order valence-corrected chi connectivity index (χ1v) is 12.7. The molecule has 1 amide bonds. The molecule has 0 heterocycles. The summed E-state index contributed by atoms with van der Waals surface area (Å²) in [6, 6.07) is 24.0. The number of hydrazone groups is 1. The molecule has 0 aromatic heterocycles. The summed E-state index contributed by atoms with van der Waals surface area (Å²) in [5.74, 6) is 0.453. The molecule has 6 nitrogen and oxygen atoms in total. The van der Waals surface area contributed by atoms with Crippen molar-refractivity contribution >= 4 is 39.7 Å². The normalized spacial score (nSPS) is 10.8. The Morgan fingerprint density at radius 1 is 0.947 bits per heavy atom. The molecule has 4 aromatic carbocycles. The highest BCUT2D eigenvalue weighted by atomic mass is 79.9. The highest BCUT2D eigenvalue weighted by Gasteiger charge is 2.14. The fourth-order valence-electron chi connectivity index (χ4n) is 3.50. The van der Waals surface area contributed by atoms with Gasteiger partial charge in [0.2, 0.25) is 0 Å². The molecule has 1 N–H and O–H groups in total.